The first kappa shape index (κ1) is 24.8. The Morgan fingerprint density at radius 2 is 2.00 bits per heavy atom. The van der Waals surface area contributed by atoms with E-state index in [0.717, 1.165) is 57.3 Å². The van der Waals surface area contributed by atoms with Gasteiger partial charge in [0.15, 0.2) is 5.96 Å². The van der Waals surface area contributed by atoms with E-state index in [0.29, 0.717) is 6.54 Å². The molecule has 1 aliphatic rings. The zero-order chi connectivity index (χ0) is 21.3. The summed E-state index contributed by atoms with van der Waals surface area (Å²) in [5.41, 5.74) is 2.49. The van der Waals surface area contributed by atoms with Gasteiger partial charge in [-0.3, -0.25) is 4.90 Å². The van der Waals surface area contributed by atoms with Crippen molar-refractivity contribution in [2.45, 2.75) is 38.6 Å². The van der Waals surface area contributed by atoms with Gasteiger partial charge in [0, 0.05) is 37.5 Å². The van der Waals surface area contributed by atoms with E-state index in [9.17, 15) is 5.11 Å². The molecule has 0 bridgehead atoms. The molecule has 0 spiro atoms. The molecule has 32 heavy (non-hydrogen) atoms. The van der Waals surface area contributed by atoms with Crippen molar-refractivity contribution >= 4 is 41.3 Å². The maximum atomic E-state index is 9.83. The first-order valence-electron chi connectivity index (χ1n) is 10.8. The van der Waals surface area contributed by atoms with Gasteiger partial charge in [-0.25, -0.2) is 4.99 Å². The van der Waals surface area contributed by atoms with Crippen molar-refractivity contribution in [3.8, 4) is 0 Å². The number of aliphatic hydroxyl groups is 1. The normalized spacial score (nSPS) is 16.7. The standard InChI is InChI=1S/C24H30N4O2S.HI/c29-21-10-12-28(18-21)17-20-6-2-1-5-19(20)15-26-24(27-16-23-8-4-14-31-23)25-11-9-22-7-3-13-30-22;/h1-8,13-14,21,29H,9-12,15-18H2,(H2,25,26,27);1H. The second-order valence-corrected chi connectivity index (χ2v) is 8.83. The second-order valence-electron chi connectivity index (χ2n) is 7.80. The molecule has 4 rings (SSSR count). The Morgan fingerprint density at radius 3 is 2.72 bits per heavy atom. The third-order valence-corrected chi connectivity index (χ3v) is 6.30. The summed E-state index contributed by atoms with van der Waals surface area (Å²) in [5, 5.41) is 18.8. The average Bonchev–Trinajstić information content (AvgIpc) is 3.54. The number of likely N-dealkylation sites (tertiary alicyclic amines) is 1. The predicted molar refractivity (Wildman–Crippen MR) is 140 cm³/mol. The van der Waals surface area contributed by atoms with Crippen molar-refractivity contribution in [3.05, 3.63) is 81.9 Å². The fraction of sp³-hybridized carbons (Fsp3) is 0.375. The first-order valence-corrected chi connectivity index (χ1v) is 11.7. The largest absolute Gasteiger partial charge is 0.469 e. The number of furan rings is 1. The molecule has 0 amide bonds. The summed E-state index contributed by atoms with van der Waals surface area (Å²) in [6, 6.07) is 16.5. The Hall–Kier alpha value is -1.88. The van der Waals surface area contributed by atoms with Gasteiger partial charge in [0.05, 0.1) is 25.5 Å². The zero-order valence-electron chi connectivity index (χ0n) is 18.1. The van der Waals surface area contributed by atoms with Gasteiger partial charge in [-0.15, -0.1) is 35.3 Å². The Morgan fingerprint density at radius 1 is 1.12 bits per heavy atom. The Labute approximate surface area is 210 Å². The summed E-state index contributed by atoms with van der Waals surface area (Å²) < 4.78 is 5.43. The minimum atomic E-state index is -0.198. The topological polar surface area (TPSA) is 73.0 Å². The van der Waals surface area contributed by atoms with Crippen LogP contribution < -0.4 is 10.6 Å². The van der Waals surface area contributed by atoms with Crippen molar-refractivity contribution in [2.75, 3.05) is 19.6 Å². The van der Waals surface area contributed by atoms with Gasteiger partial charge in [-0.1, -0.05) is 30.3 Å². The molecular formula is C24H31IN4O2S. The van der Waals surface area contributed by atoms with Gasteiger partial charge in [0.25, 0.3) is 0 Å². The molecule has 1 saturated heterocycles. The lowest BCUT2D eigenvalue weighted by atomic mass is 10.1. The summed E-state index contributed by atoms with van der Waals surface area (Å²) in [7, 11) is 0. The molecule has 1 aromatic carbocycles. The van der Waals surface area contributed by atoms with Crippen LogP contribution in [0.3, 0.4) is 0 Å². The number of aliphatic imine (C=N–C) groups is 1. The minimum Gasteiger partial charge on any atom is -0.469 e. The number of halogens is 1. The number of nitrogens with zero attached hydrogens (tertiary/aromatic N) is 2. The maximum Gasteiger partial charge on any atom is 0.191 e. The van der Waals surface area contributed by atoms with Crippen LogP contribution >= 0.6 is 35.3 Å². The van der Waals surface area contributed by atoms with Gasteiger partial charge in [-0.05, 0) is 41.1 Å². The monoisotopic (exact) mass is 566 g/mol. The number of aliphatic hydroxyl groups excluding tert-OH is 1. The SMILES string of the molecule is I.OC1CCN(Cc2ccccc2CN=C(NCCc2ccco2)NCc2cccs2)C1. The average molecular weight is 567 g/mol. The molecule has 1 aliphatic heterocycles. The molecule has 3 heterocycles. The molecule has 0 aliphatic carbocycles. The molecule has 1 atom stereocenters. The number of thiophene rings is 1. The molecule has 1 fully saturated rings. The van der Waals surface area contributed by atoms with Crippen LogP contribution in [0.4, 0.5) is 0 Å². The third kappa shape index (κ3) is 7.61. The van der Waals surface area contributed by atoms with E-state index in [2.05, 4.69) is 57.3 Å². The predicted octanol–water partition coefficient (Wildman–Crippen LogP) is 4.00. The highest BCUT2D eigenvalue weighted by Gasteiger charge is 2.20. The van der Waals surface area contributed by atoms with Gasteiger partial charge in [0.1, 0.15) is 5.76 Å². The van der Waals surface area contributed by atoms with E-state index < -0.39 is 0 Å². The molecule has 2 aromatic heterocycles. The fourth-order valence-corrected chi connectivity index (χ4v) is 4.39. The van der Waals surface area contributed by atoms with Gasteiger partial charge < -0.3 is 20.2 Å². The van der Waals surface area contributed by atoms with Gasteiger partial charge in [0.2, 0.25) is 0 Å². The highest BCUT2D eigenvalue weighted by Crippen LogP contribution is 2.17. The van der Waals surface area contributed by atoms with Crippen molar-refractivity contribution in [1.29, 1.82) is 0 Å². The minimum absolute atomic E-state index is 0. The van der Waals surface area contributed by atoms with Crippen LogP contribution in [-0.2, 0) is 26.1 Å². The summed E-state index contributed by atoms with van der Waals surface area (Å²) in [5.74, 6) is 1.76. The maximum absolute atomic E-state index is 9.83. The van der Waals surface area contributed by atoms with Gasteiger partial charge in [-0.2, -0.15) is 0 Å². The molecule has 0 saturated carbocycles. The van der Waals surface area contributed by atoms with E-state index in [1.807, 2.05) is 12.1 Å². The molecule has 1 unspecified atom stereocenters. The van der Waals surface area contributed by atoms with Crippen molar-refractivity contribution in [1.82, 2.24) is 15.5 Å². The number of hydrogen-bond donors (Lipinski definition) is 3. The van der Waals surface area contributed by atoms with Crippen LogP contribution in [0.25, 0.3) is 0 Å². The van der Waals surface area contributed by atoms with Crippen LogP contribution in [-0.4, -0.2) is 41.7 Å². The van der Waals surface area contributed by atoms with Gasteiger partial charge >= 0.3 is 0 Å². The summed E-state index contributed by atoms with van der Waals surface area (Å²) in [6.07, 6.45) is 3.17. The number of rotatable bonds is 9. The summed E-state index contributed by atoms with van der Waals surface area (Å²) in [4.78, 5) is 8.45. The van der Waals surface area contributed by atoms with Crippen LogP contribution in [0, 0.1) is 0 Å². The van der Waals surface area contributed by atoms with E-state index >= 15 is 0 Å². The molecule has 172 valence electrons. The lowest BCUT2D eigenvalue weighted by Crippen LogP contribution is -2.38. The number of guanidine groups is 1. The quantitative estimate of drug-likeness (QED) is 0.208. The Balaban J connectivity index is 0.00000289. The molecule has 6 nitrogen and oxygen atoms in total. The van der Waals surface area contributed by atoms with Crippen LogP contribution in [0.1, 0.15) is 28.2 Å². The molecule has 0 radical (unpaired) electrons. The zero-order valence-corrected chi connectivity index (χ0v) is 21.2. The number of benzene rings is 1. The lowest BCUT2D eigenvalue weighted by molar-refractivity contribution is 0.174. The molecular weight excluding hydrogens is 535 g/mol. The van der Waals surface area contributed by atoms with Crippen LogP contribution in [0.15, 0.2) is 69.6 Å². The van der Waals surface area contributed by atoms with E-state index in [1.54, 1.807) is 17.6 Å². The number of β-amino-alcohol motifs (C(OH)–C–C–N with tert-alkyl or cyclic N) is 1. The fourth-order valence-electron chi connectivity index (χ4n) is 3.74. The summed E-state index contributed by atoms with van der Waals surface area (Å²) >= 11 is 1.74. The highest BCUT2D eigenvalue weighted by molar-refractivity contribution is 14.0. The molecule has 8 heteroatoms. The van der Waals surface area contributed by atoms with Crippen LogP contribution in [0.5, 0.6) is 0 Å². The van der Waals surface area contributed by atoms with E-state index in [-0.39, 0.29) is 30.1 Å². The highest BCUT2D eigenvalue weighted by atomic mass is 127. The third-order valence-electron chi connectivity index (χ3n) is 5.42. The first-order chi connectivity index (χ1) is 15.3. The smallest absolute Gasteiger partial charge is 0.191 e. The van der Waals surface area contributed by atoms with E-state index in [1.165, 1.54) is 16.0 Å². The van der Waals surface area contributed by atoms with Crippen molar-refractivity contribution in [2.24, 2.45) is 4.99 Å². The Bertz CT molecular complexity index is 947. The van der Waals surface area contributed by atoms with Crippen LogP contribution in [0.2, 0.25) is 0 Å². The number of nitrogens with one attached hydrogen (secondary N) is 2. The second kappa shape index (κ2) is 13.0. The van der Waals surface area contributed by atoms with Crippen molar-refractivity contribution in [3.63, 3.8) is 0 Å². The summed E-state index contributed by atoms with van der Waals surface area (Å²) in [6.45, 7) is 4.65. The van der Waals surface area contributed by atoms with E-state index in [4.69, 9.17) is 9.41 Å². The number of hydrogen-bond acceptors (Lipinski definition) is 5. The molecule has 3 aromatic rings. The Kier molecular flexibility index (Phi) is 10.0. The van der Waals surface area contributed by atoms with Crippen molar-refractivity contribution < 1.29 is 9.52 Å². The molecule has 3 N–H and O–H groups in total. The lowest BCUT2D eigenvalue weighted by Gasteiger charge is -2.17.